The maximum atomic E-state index is 12.5. The van der Waals surface area contributed by atoms with Crippen molar-refractivity contribution in [3.63, 3.8) is 0 Å². The maximum Gasteiger partial charge on any atom is 0.316 e. The Bertz CT molecular complexity index is 631. The number of aromatic nitrogens is 1. The van der Waals surface area contributed by atoms with Crippen molar-refractivity contribution in [2.24, 2.45) is 5.73 Å². The van der Waals surface area contributed by atoms with E-state index in [-0.39, 0.29) is 30.1 Å². The van der Waals surface area contributed by atoms with E-state index in [1.165, 1.54) is 0 Å². The van der Waals surface area contributed by atoms with E-state index in [1.54, 1.807) is 30.3 Å². The monoisotopic (exact) mass is 391 g/mol. The molecular weight excluding hydrogens is 357 g/mol. The summed E-state index contributed by atoms with van der Waals surface area (Å²) in [4.78, 5) is 30.6. The first kappa shape index (κ1) is 24.1. The fourth-order valence-corrected chi connectivity index (χ4v) is 3.23. The number of hydrogen-bond acceptors (Lipinski definition) is 6. The van der Waals surface area contributed by atoms with Gasteiger partial charge in [0.1, 0.15) is 0 Å². The van der Waals surface area contributed by atoms with Crippen LogP contribution in [0.4, 0.5) is 0 Å². The summed E-state index contributed by atoms with van der Waals surface area (Å²) in [6.45, 7) is 6.66. The van der Waals surface area contributed by atoms with Crippen LogP contribution in [0, 0.1) is 0 Å². The van der Waals surface area contributed by atoms with Gasteiger partial charge in [-0.2, -0.15) is 0 Å². The predicted octanol–water partition coefficient (Wildman–Crippen LogP) is 0.420. The fraction of sp³-hybridized carbons (Fsp3) is 0.632. The SMILES string of the molecule is CC.CNCc1cc(C(=O)NCC(=O)N2CCCC2B(O)C(C)CN)ccn1. The van der Waals surface area contributed by atoms with E-state index in [0.29, 0.717) is 25.2 Å². The number of likely N-dealkylation sites (tertiary alicyclic amines) is 1. The summed E-state index contributed by atoms with van der Waals surface area (Å²) >= 11 is 0. The molecule has 2 heterocycles. The molecular formula is C19H34BN5O3. The van der Waals surface area contributed by atoms with Gasteiger partial charge in [-0.15, -0.1) is 0 Å². The van der Waals surface area contributed by atoms with Crippen LogP contribution in [0.1, 0.15) is 49.7 Å². The zero-order valence-corrected chi connectivity index (χ0v) is 17.4. The van der Waals surface area contributed by atoms with Gasteiger partial charge in [-0.3, -0.25) is 14.6 Å². The van der Waals surface area contributed by atoms with E-state index in [0.717, 1.165) is 18.5 Å². The molecule has 1 aliphatic heterocycles. The Hall–Kier alpha value is -1.97. The van der Waals surface area contributed by atoms with E-state index in [9.17, 15) is 14.6 Å². The molecule has 2 unspecified atom stereocenters. The Balaban J connectivity index is 0.00000190. The Morgan fingerprint density at radius 1 is 1.46 bits per heavy atom. The van der Waals surface area contributed by atoms with Crippen LogP contribution in [0.3, 0.4) is 0 Å². The number of rotatable bonds is 8. The molecule has 2 rings (SSSR count). The molecule has 2 amide bonds. The van der Waals surface area contributed by atoms with Gasteiger partial charge in [0, 0.05) is 30.8 Å². The number of nitrogens with two attached hydrogens (primary N) is 1. The number of pyridine rings is 1. The number of carbonyl (C=O) groups is 2. The van der Waals surface area contributed by atoms with Crippen LogP contribution in [-0.4, -0.2) is 66.3 Å². The molecule has 156 valence electrons. The first-order valence-corrected chi connectivity index (χ1v) is 10.0. The minimum absolute atomic E-state index is 0.0783. The van der Waals surface area contributed by atoms with Crippen molar-refractivity contribution in [3.8, 4) is 0 Å². The minimum Gasteiger partial charge on any atom is -0.448 e. The van der Waals surface area contributed by atoms with Gasteiger partial charge in [0.25, 0.3) is 5.91 Å². The minimum atomic E-state index is -0.647. The van der Waals surface area contributed by atoms with Crippen molar-refractivity contribution >= 4 is 18.7 Å². The second kappa shape index (κ2) is 12.5. The van der Waals surface area contributed by atoms with Crippen molar-refractivity contribution < 1.29 is 14.6 Å². The van der Waals surface area contributed by atoms with Gasteiger partial charge in [-0.25, -0.2) is 0 Å². The van der Waals surface area contributed by atoms with Gasteiger partial charge in [0.05, 0.1) is 12.2 Å². The Morgan fingerprint density at radius 2 is 2.18 bits per heavy atom. The quantitative estimate of drug-likeness (QED) is 0.477. The van der Waals surface area contributed by atoms with Gasteiger partial charge < -0.3 is 26.3 Å². The molecule has 8 nitrogen and oxygen atoms in total. The van der Waals surface area contributed by atoms with Gasteiger partial charge >= 0.3 is 6.92 Å². The molecule has 0 spiro atoms. The Kier molecular flexibility index (Phi) is 10.7. The summed E-state index contributed by atoms with van der Waals surface area (Å²) in [7, 11) is 1.81. The van der Waals surface area contributed by atoms with E-state index >= 15 is 0 Å². The van der Waals surface area contributed by atoms with Gasteiger partial charge in [-0.05, 0) is 44.4 Å². The molecule has 0 aliphatic carbocycles. The average molecular weight is 391 g/mol. The largest absolute Gasteiger partial charge is 0.448 e. The van der Waals surface area contributed by atoms with Crippen LogP contribution >= 0.6 is 0 Å². The highest BCUT2D eigenvalue weighted by atomic mass is 16.2. The lowest BCUT2D eigenvalue weighted by Gasteiger charge is -2.29. The highest BCUT2D eigenvalue weighted by molar-refractivity contribution is 6.54. The maximum absolute atomic E-state index is 12.5. The van der Waals surface area contributed by atoms with Crippen molar-refractivity contribution in [2.75, 3.05) is 26.7 Å². The molecule has 1 aromatic rings. The number of hydrogen-bond donors (Lipinski definition) is 4. The summed E-state index contributed by atoms with van der Waals surface area (Å²) in [5.41, 5.74) is 6.85. The summed E-state index contributed by atoms with van der Waals surface area (Å²) in [6.07, 6.45) is 3.17. The molecule has 9 heteroatoms. The first-order chi connectivity index (χ1) is 13.5. The fourth-order valence-electron chi connectivity index (χ4n) is 3.23. The third-order valence-corrected chi connectivity index (χ3v) is 4.81. The van der Waals surface area contributed by atoms with E-state index < -0.39 is 6.92 Å². The van der Waals surface area contributed by atoms with E-state index in [4.69, 9.17) is 5.73 Å². The predicted molar refractivity (Wildman–Crippen MR) is 112 cm³/mol. The van der Waals surface area contributed by atoms with E-state index in [2.05, 4.69) is 15.6 Å². The van der Waals surface area contributed by atoms with Crippen LogP contribution in [0.2, 0.25) is 5.82 Å². The van der Waals surface area contributed by atoms with Crippen LogP contribution in [0.15, 0.2) is 18.3 Å². The highest BCUT2D eigenvalue weighted by Crippen LogP contribution is 2.23. The van der Waals surface area contributed by atoms with Crippen LogP contribution in [-0.2, 0) is 11.3 Å². The van der Waals surface area contributed by atoms with Crippen LogP contribution in [0.5, 0.6) is 0 Å². The second-order valence-electron chi connectivity index (χ2n) is 6.75. The normalized spacial score (nSPS) is 16.8. The topological polar surface area (TPSA) is 121 Å². The van der Waals surface area contributed by atoms with E-state index in [1.807, 2.05) is 20.8 Å². The van der Waals surface area contributed by atoms with Crippen molar-refractivity contribution in [1.29, 1.82) is 0 Å². The third-order valence-electron chi connectivity index (χ3n) is 4.81. The molecule has 0 bridgehead atoms. The molecule has 1 fully saturated rings. The Morgan fingerprint density at radius 3 is 2.82 bits per heavy atom. The smallest absolute Gasteiger partial charge is 0.316 e. The van der Waals surface area contributed by atoms with Crippen LogP contribution in [0.25, 0.3) is 0 Å². The number of carbonyl (C=O) groups excluding carboxylic acids is 2. The number of amides is 2. The number of nitrogens with one attached hydrogen (secondary N) is 2. The molecule has 1 aliphatic rings. The highest BCUT2D eigenvalue weighted by Gasteiger charge is 2.39. The van der Waals surface area contributed by atoms with Gasteiger partial charge in [-0.1, -0.05) is 20.8 Å². The van der Waals surface area contributed by atoms with Crippen LogP contribution < -0.4 is 16.4 Å². The second-order valence-corrected chi connectivity index (χ2v) is 6.75. The summed E-state index contributed by atoms with van der Waals surface area (Å²) in [6, 6.07) is 3.31. The lowest BCUT2D eigenvalue weighted by Crippen LogP contribution is -2.50. The summed E-state index contributed by atoms with van der Waals surface area (Å²) in [5.74, 6) is -0.815. The molecule has 2 atom stereocenters. The molecule has 1 saturated heterocycles. The average Bonchev–Trinajstić information content (AvgIpc) is 3.22. The summed E-state index contributed by atoms with van der Waals surface area (Å²) < 4.78 is 0. The van der Waals surface area contributed by atoms with Crippen molar-refractivity contribution in [3.05, 3.63) is 29.6 Å². The zero-order chi connectivity index (χ0) is 21.1. The molecule has 0 saturated carbocycles. The van der Waals surface area contributed by atoms with Gasteiger partial charge in [0.2, 0.25) is 5.91 Å². The van der Waals surface area contributed by atoms with Gasteiger partial charge in [0.15, 0.2) is 0 Å². The lowest BCUT2D eigenvalue weighted by molar-refractivity contribution is -0.129. The molecule has 0 aromatic carbocycles. The number of nitrogens with zero attached hydrogens (tertiary/aromatic N) is 2. The molecule has 1 aromatic heterocycles. The molecule has 5 N–H and O–H groups in total. The molecule has 0 radical (unpaired) electrons. The third kappa shape index (κ3) is 6.58. The zero-order valence-electron chi connectivity index (χ0n) is 17.4. The first-order valence-electron chi connectivity index (χ1n) is 10.0. The lowest BCUT2D eigenvalue weighted by atomic mass is 9.50. The van der Waals surface area contributed by atoms with Crippen molar-refractivity contribution in [1.82, 2.24) is 20.5 Å². The summed E-state index contributed by atoms with van der Waals surface area (Å²) in [5, 5.41) is 16.0. The Labute approximate surface area is 168 Å². The van der Waals surface area contributed by atoms with Crippen molar-refractivity contribution in [2.45, 2.75) is 51.9 Å². The standard InChI is InChI=1S/C17H28BN5O3.C2H6/c1-12(9-19)18(26)15-4-3-7-23(15)16(24)11-22-17(25)13-5-6-21-14(8-13)10-20-2;1-2/h5-6,8,12,15,20,26H,3-4,7,9-11,19H2,1-2H3,(H,22,25);1-2H3. The molecule has 28 heavy (non-hydrogen) atoms.